The van der Waals surface area contributed by atoms with Gasteiger partial charge in [-0.1, -0.05) is 94.3 Å². The predicted octanol–water partition coefficient (Wildman–Crippen LogP) is 7.13. The number of benzene rings is 2. The number of aliphatic hydroxyl groups is 1. The summed E-state index contributed by atoms with van der Waals surface area (Å²) < 4.78 is 0. The predicted molar refractivity (Wildman–Crippen MR) is 169 cm³/mol. The van der Waals surface area contributed by atoms with Crippen LogP contribution in [0.2, 0.25) is 0 Å². The van der Waals surface area contributed by atoms with Gasteiger partial charge in [-0.05, 0) is 63.5 Å². The summed E-state index contributed by atoms with van der Waals surface area (Å²) in [5.74, 6) is -0.922. The molecule has 0 amide bonds. The fourth-order valence-corrected chi connectivity index (χ4v) is 5.29. The number of likely N-dealkylation sites (tertiary alicyclic amines) is 1. The average Bonchev–Trinajstić information content (AvgIpc) is 2.89. The van der Waals surface area contributed by atoms with Crippen molar-refractivity contribution in [3.8, 4) is 0 Å². The Hall–Kier alpha value is -1.89. The summed E-state index contributed by atoms with van der Waals surface area (Å²) in [6, 6.07) is 20.1. The topological polar surface area (TPSA) is 64.0 Å². The summed E-state index contributed by atoms with van der Waals surface area (Å²) in [4.78, 5) is 15.1. The Balaban J connectivity index is 0.000000939. The third kappa shape index (κ3) is 11.3. The molecule has 0 spiro atoms. The van der Waals surface area contributed by atoms with E-state index in [0.29, 0.717) is 6.04 Å². The number of carboxylic acids is 1. The Morgan fingerprint density at radius 3 is 2.00 bits per heavy atom. The van der Waals surface area contributed by atoms with Crippen LogP contribution in [0.4, 0.5) is 0 Å². The van der Waals surface area contributed by atoms with E-state index in [1.165, 1.54) is 25.7 Å². The quantitative estimate of drug-likeness (QED) is 0.277. The van der Waals surface area contributed by atoms with E-state index in [2.05, 4.69) is 68.8 Å². The summed E-state index contributed by atoms with van der Waals surface area (Å²) in [6.07, 6.45) is 8.38. The Morgan fingerprint density at radius 2 is 1.51 bits per heavy atom. The number of aliphatic carboxylic acids is 1. The van der Waals surface area contributed by atoms with Gasteiger partial charge in [0.1, 0.15) is 0 Å². The molecule has 3 atom stereocenters. The maximum atomic E-state index is 12.0. The highest BCUT2D eigenvalue weighted by Crippen LogP contribution is 2.48. The molecular weight excluding hydrogens is 531 g/mol. The Labute approximate surface area is 249 Å². The normalized spacial score (nSPS) is 22.9. The van der Waals surface area contributed by atoms with Crippen molar-refractivity contribution in [3.63, 3.8) is 0 Å². The van der Waals surface area contributed by atoms with Gasteiger partial charge >= 0.3 is 5.97 Å². The monoisotopic (exact) mass is 580 g/mol. The highest BCUT2D eigenvalue weighted by Gasteiger charge is 2.53. The molecule has 0 aromatic heterocycles. The molecule has 3 rings (SSSR count). The van der Waals surface area contributed by atoms with Crippen molar-refractivity contribution in [1.29, 1.82) is 0 Å². The van der Waals surface area contributed by atoms with Gasteiger partial charge in [0, 0.05) is 30.6 Å². The van der Waals surface area contributed by atoms with Crippen molar-refractivity contribution in [3.05, 3.63) is 77.9 Å². The van der Waals surface area contributed by atoms with E-state index in [0.717, 1.165) is 49.8 Å². The number of halogens is 2. The van der Waals surface area contributed by atoms with Gasteiger partial charge in [0.15, 0.2) is 0 Å². The molecule has 1 aliphatic rings. The summed E-state index contributed by atoms with van der Waals surface area (Å²) in [6.45, 7) is 13.2. The number of carbonyl (C=O) groups is 1. The van der Waals surface area contributed by atoms with E-state index < -0.39 is 11.6 Å². The van der Waals surface area contributed by atoms with E-state index in [1.54, 1.807) is 6.08 Å². The molecular formula is C32H50Cl2N2O3. The van der Waals surface area contributed by atoms with Gasteiger partial charge < -0.3 is 20.0 Å². The van der Waals surface area contributed by atoms with Gasteiger partial charge in [0.05, 0.1) is 5.60 Å². The Morgan fingerprint density at radius 1 is 1.00 bits per heavy atom. The zero-order valence-electron chi connectivity index (χ0n) is 24.4. The summed E-state index contributed by atoms with van der Waals surface area (Å²) in [5.41, 5.74) is 1.01. The number of hydrogen-bond donors (Lipinski definition) is 2. The second-order valence-corrected chi connectivity index (χ2v) is 10.8. The number of hydrogen-bond acceptors (Lipinski definition) is 4. The molecule has 0 bridgehead atoms. The van der Waals surface area contributed by atoms with Crippen molar-refractivity contribution in [2.24, 2.45) is 5.41 Å². The fourth-order valence-electron chi connectivity index (χ4n) is 5.29. The minimum atomic E-state index is -0.922. The zero-order chi connectivity index (χ0) is 27.3. The van der Waals surface area contributed by atoms with Gasteiger partial charge in [-0.15, -0.1) is 24.8 Å². The molecule has 1 aliphatic heterocycles. The lowest BCUT2D eigenvalue weighted by atomic mass is 9.63. The van der Waals surface area contributed by atoms with Gasteiger partial charge in [-0.2, -0.15) is 0 Å². The Bertz CT molecular complexity index is 952. The third-order valence-electron chi connectivity index (χ3n) is 7.64. The molecule has 1 fully saturated rings. The molecule has 2 aromatic carbocycles. The van der Waals surface area contributed by atoms with Crippen molar-refractivity contribution in [2.75, 3.05) is 33.2 Å². The summed E-state index contributed by atoms with van der Waals surface area (Å²) in [7, 11) is 2.20. The van der Waals surface area contributed by atoms with Crippen LogP contribution in [-0.2, 0) is 10.4 Å². The van der Waals surface area contributed by atoms with Crippen molar-refractivity contribution in [1.82, 2.24) is 9.80 Å². The molecule has 1 saturated heterocycles. The lowest BCUT2D eigenvalue weighted by molar-refractivity contribution is -0.154. The van der Waals surface area contributed by atoms with Crippen LogP contribution < -0.4 is 0 Å². The third-order valence-corrected chi connectivity index (χ3v) is 7.64. The highest BCUT2D eigenvalue weighted by molar-refractivity contribution is 5.86. The summed E-state index contributed by atoms with van der Waals surface area (Å²) >= 11 is 0. The molecule has 5 nitrogen and oxygen atoms in total. The first-order valence-corrected chi connectivity index (χ1v) is 13.8. The van der Waals surface area contributed by atoms with Crippen molar-refractivity contribution >= 4 is 36.9 Å². The number of piperidine rings is 1. The molecule has 39 heavy (non-hydrogen) atoms. The average molecular weight is 582 g/mol. The molecule has 0 saturated carbocycles. The van der Waals surface area contributed by atoms with Crippen LogP contribution in [0.5, 0.6) is 0 Å². The van der Waals surface area contributed by atoms with Crippen molar-refractivity contribution in [2.45, 2.75) is 71.4 Å². The second kappa shape index (κ2) is 18.5. The van der Waals surface area contributed by atoms with Crippen LogP contribution in [0.1, 0.15) is 70.9 Å². The first-order valence-electron chi connectivity index (χ1n) is 13.8. The van der Waals surface area contributed by atoms with Crippen LogP contribution in [0, 0.1) is 5.41 Å². The molecule has 220 valence electrons. The van der Waals surface area contributed by atoms with Crippen LogP contribution in [0.15, 0.2) is 66.7 Å². The van der Waals surface area contributed by atoms with Crippen LogP contribution in [0.25, 0.3) is 6.08 Å². The van der Waals surface area contributed by atoms with E-state index in [-0.39, 0.29) is 30.2 Å². The van der Waals surface area contributed by atoms with E-state index in [9.17, 15) is 9.90 Å². The molecule has 7 heteroatoms. The minimum Gasteiger partial charge on any atom is -0.478 e. The van der Waals surface area contributed by atoms with E-state index >= 15 is 0 Å². The lowest BCUT2D eigenvalue weighted by Gasteiger charge is -2.55. The first kappa shape index (κ1) is 37.1. The maximum absolute atomic E-state index is 12.0. The number of rotatable bonds is 11. The van der Waals surface area contributed by atoms with Crippen LogP contribution in [-0.4, -0.2) is 65.3 Å². The van der Waals surface area contributed by atoms with Crippen LogP contribution in [0.3, 0.4) is 0 Å². The SMILES string of the molecule is CCCCN(CCCC)CC1(C)CN(C)C(C)CC1(O)c1ccccc1.Cl.Cl.O=C(O)/C=C/c1ccccc1. The minimum absolute atomic E-state index is 0. The smallest absolute Gasteiger partial charge is 0.328 e. The fraction of sp³-hybridized carbons (Fsp3) is 0.531. The molecule has 3 unspecified atom stereocenters. The van der Waals surface area contributed by atoms with Gasteiger partial charge in [-0.25, -0.2) is 4.79 Å². The number of nitrogens with zero attached hydrogens (tertiary/aromatic N) is 2. The lowest BCUT2D eigenvalue weighted by Crippen LogP contribution is -2.62. The second-order valence-electron chi connectivity index (χ2n) is 10.8. The van der Waals surface area contributed by atoms with Gasteiger partial charge in [0.25, 0.3) is 0 Å². The largest absolute Gasteiger partial charge is 0.478 e. The molecule has 0 aliphatic carbocycles. The molecule has 1 heterocycles. The zero-order valence-corrected chi connectivity index (χ0v) is 26.0. The standard InChI is InChI=1S/C23H40N2O.C9H8O2.2ClH/c1-6-8-15-25(16-9-7-2)19-22(4)18-24(5)20(3)17-23(22,26)21-13-11-10-12-14-21;10-9(11)7-6-8-4-2-1-3-5-8;;/h10-14,20,26H,6-9,15-19H2,1-5H3;1-7H,(H,10,11);2*1H/b;7-6+;;. The molecule has 0 radical (unpaired) electrons. The van der Waals surface area contributed by atoms with Gasteiger partial charge in [-0.3, -0.25) is 0 Å². The molecule has 2 N–H and O–H groups in total. The summed E-state index contributed by atoms with van der Waals surface area (Å²) in [5, 5.41) is 20.3. The Kier molecular flexibility index (Phi) is 17.6. The maximum Gasteiger partial charge on any atom is 0.328 e. The van der Waals surface area contributed by atoms with E-state index in [1.807, 2.05) is 36.4 Å². The van der Waals surface area contributed by atoms with Crippen LogP contribution >= 0.6 is 24.8 Å². The molecule has 2 aromatic rings. The van der Waals surface area contributed by atoms with E-state index in [4.69, 9.17) is 5.11 Å². The number of unbranched alkanes of at least 4 members (excludes halogenated alkanes) is 2. The highest BCUT2D eigenvalue weighted by atomic mass is 35.5. The number of carboxylic acid groups (broad SMARTS) is 1. The van der Waals surface area contributed by atoms with Gasteiger partial charge in [0.2, 0.25) is 0 Å². The van der Waals surface area contributed by atoms with Crippen molar-refractivity contribution < 1.29 is 15.0 Å². The first-order chi connectivity index (χ1) is 17.6.